The third kappa shape index (κ3) is 5.25. The Kier molecular flexibility index (Phi) is 6.93. The number of Topliss-reactive ketones (excluding diaryl/α,β-unsaturated/α-hetero) is 1. The van der Waals surface area contributed by atoms with Crippen LogP contribution in [0.25, 0.3) is 0 Å². The zero-order valence-electron chi connectivity index (χ0n) is 15.9. The average Bonchev–Trinajstić information content (AvgIpc) is 3.11. The van der Waals surface area contributed by atoms with E-state index in [0.717, 1.165) is 24.0 Å². The standard InChI is InChI=1S/C20H23ClN2O4S/c1-14(24)15-3-5-17(18(11-15)26-2)27-13-20(25)23-9-7-22(8-10-23)12-16-4-6-19(21)28-16/h3-6,11H,7-10,12-13H2,1-2H3. The molecule has 1 aliphatic rings. The normalized spacial score (nSPS) is 14.8. The quantitative estimate of drug-likeness (QED) is 0.640. The molecular weight excluding hydrogens is 400 g/mol. The van der Waals surface area contributed by atoms with Crippen LogP contribution in [0.1, 0.15) is 22.2 Å². The van der Waals surface area contributed by atoms with Crippen LogP contribution >= 0.6 is 22.9 Å². The van der Waals surface area contributed by atoms with Crippen molar-refractivity contribution in [1.82, 2.24) is 9.80 Å². The van der Waals surface area contributed by atoms with Gasteiger partial charge in [-0.15, -0.1) is 11.3 Å². The summed E-state index contributed by atoms with van der Waals surface area (Å²) in [6, 6.07) is 8.91. The van der Waals surface area contributed by atoms with Crippen LogP contribution in [0.15, 0.2) is 30.3 Å². The number of carbonyl (C=O) groups excluding carboxylic acids is 2. The lowest BCUT2D eigenvalue weighted by molar-refractivity contribution is -0.135. The highest BCUT2D eigenvalue weighted by atomic mass is 35.5. The molecule has 0 saturated carbocycles. The molecule has 1 aromatic heterocycles. The molecule has 1 fully saturated rings. The lowest BCUT2D eigenvalue weighted by atomic mass is 10.1. The third-order valence-corrected chi connectivity index (χ3v) is 5.87. The van der Waals surface area contributed by atoms with E-state index in [2.05, 4.69) is 4.90 Å². The molecule has 3 rings (SSSR count). The Bertz CT molecular complexity index is 846. The van der Waals surface area contributed by atoms with Crippen molar-refractivity contribution in [2.24, 2.45) is 0 Å². The van der Waals surface area contributed by atoms with Crippen molar-refractivity contribution in [3.63, 3.8) is 0 Å². The van der Waals surface area contributed by atoms with E-state index in [1.807, 2.05) is 17.0 Å². The minimum absolute atomic E-state index is 0.0522. The smallest absolute Gasteiger partial charge is 0.260 e. The summed E-state index contributed by atoms with van der Waals surface area (Å²) in [5.74, 6) is 0.786. The summed E-state index contributed by atoms with van der Waals surface area (Å²) in [4.78, 5) is 29.3. The highest BCUT2D eigenvalue weighted by Gasteiger charge is 2.22. The number of thiophene rings is 1. The summed E-state index contributed by atoms with van der Waals surface area (Å²) in [6.07, 6.45) is 0. The molecule has 1 amide bonds. The van der Waals surface area contributed by atoms with Crippen LogP contribution in [0.2, 0.25) is 4.34 Å². The molecule has 8 heteroatoms. The lowest BCUT2D eigenvalue weighted by Gasteiger charge is -2.34. The minimum Gasteiger partial charge on any atom is -0.493 e. The number of ketones is 1. The summed E-state index contributed by atoms with van der Waals surface area (Å²) in [7, 11) is 1.51. The molecule has 150 valence electrons. The van der Waals surface area contributed by atoms with Gasteiger partial charge in [-0.2, -0.15) is 0 Å². The number of ether oxygens (including phenoxy) is 2. The van der Waals surface area contributed by atoms with Crippen molar-refractivity contribution in [1.29, 1.82) is 0 Å². The van der Waals surface area contributed by atoms with Gasteiger partial charge in [0.15, 0.2) is 23.9 Å². The second kappa shape index (κ2) is 9.41. The monoisotopic (exact) mass is 422 g/mol. The van der Waals surface area contributed by atoms with E-state index < -0.39 is 0 Å². The molecular formula is C20H23ClN2O4S. The predicted molar refractivity (Wildman–Crippen MR) is 110 cm³/mol. The summed E-state index contributed by atoms with van der Waals surface area (Å²) < 4.78 is 11.7. The number of amides is 1. The first-order valence-corrected chi connectivity index (χ1v) is 10.2. The third-order valence-electron chi connectivity index (χ3n) is 4.65. The Morgan fingerprint density at radius 1 is 1.11 bits per heavy atom. The summed E-state index contributed by atoms with van der Waals surface area (Å²) in [6.45, 7) is 5.26. The Labute approximate surface area is 173 Å². The zero-order chi connectivity index (χ0) is 20.1. The molecule has 0 spiro atoms. The van der Waals surface area contributed by atoms with Crippen molar-refractivity contribution in [2.45, 2.75) is 13.5 Å². The molecule has 28 heavy (non-hydrogen) atoms. The Morgan fingerprint density at radius 3 is 2.46 bits per heavy atom. The Morgan fingerprint density at radius 2 is 1.86 bits per heavy atom. The summed E-state index contributed by atoms with van der Waals surface area (Å²) in [5, 5.41) is 0. The Hall–Kier alpha value is -2.09. The van der Waals surface area contributed by atoms with Crippen molar-refractivity contribution in [2.75, 3.05) is 39.9 Å². The SMILES string of the molecule is COc1cc(C(C)=O)ccc1OCC(=O)N1CCN(Cc2ccc(Cl)s2)CC1. The Balaban J connectivity index is 1.49. The van der Waals surface area contributed by atoms with Gasteiger partial charge in [-0.3, -0.25) is 14.5 Å². The number of hydrogen-bond acceptors (Lipinski definition) is 6. The molecule has 2 heterocycles. The van der Waals surface area contributed by atoms with E-state index in [4.69, 9.17) is 21.1 Å². The van der Waals surface area contributed by atoms with E-state index in [9.17, 15) is 9.59 Å². The largest absolute Gasteiger partial charge is 0.493 e. The number of nitrogens with zero attached hydrogens (tertiary/aromatic N) is 2. The number of halogens is 1. The average molecular weight is 423 g/mol. The minimum atomic E-state index is -0.0592. The zero-order valence-corrected chi connectivity index (χ0v) is 17.5. The van der Waals surface area contributed by atoms with E-state index in [0.29, 0.717) is 30.2 Å². The highest BCUT2D eigenvalue weighted by molar-refractivity contribution is 7.16. The fraction of sp³-hybridized carbons (Fsp3) is 0.400. The van der Waals surface area contributed by atoms with Gasteiger partial charge >= 0.3 is 0 Å². The van der Waals surface area contributed by atoms with Crippen molar-refractivity contribution in [3.05, 3.63) is 45.1 Å². The number of hydrogen-bond donors (Lipinski definition) is 0. The second-order valence-corrected chi connectivity index (χ2v) is 8.37. The van der Waals surface area contributed by atoms with E-state index in [1.165, 1.54) is 18.9 Å². The second-order valence-electron chi connectivity index (χ2n) is 6.57. The van der Waals surface area contributed by atoms with Gasteiger partial charge in [-0.25, -0.2) is 0 Å². The summed E-state index contributed by atoms with van der Waals surface area (Å²) in [5.41, 5.74) is 0.540. The van der Waals surface area contributed by atoms with E-state index in [1.54, 1.807) is 29.5 Å². The number of benzene rings is 1. The molecule has 2 aromatic rings. The van der Waals surface area contributed by atoms with Crippen molar-refractivity contribution >= 4 is 34.6 Å². The van der Waals surface area contributed by atoms with Crippen LogP contribution in [-0.4, -0.2) is 61.4 Å². The van der Waals surface area contributed by atoms with Crippen LogP contribution in [0, 0.1) is 0 Å². The van der Waals surface area contributed by atoms with Gasteiger partial charge in [0.2, 0.25) is 0 Å². The van der Waals surface area contributed by atoms with Gasteiger partial charge in [0.1, 0.15) is 0 Å². The van der Waals surface area contributed by atoms with Crippen LogP contribution in [0.3, 0.4) is 0 Å². The molecule has 0 N–H and O–H groups in total. The maximum Gasteiger partial charge on any atom is 0.260 e. The van der Waals surface area contributed by atoms with Gasteiger partial charge in [-0.05, 0) is 37.3 Å². The first kappa shape index (κ1) is 20.6. The van der Waals surface area contributed by atoms with Crippen LogP contribution in [0.4, 0.5) is 0 Å². The maximum absolute atomic E-state index is 12.5. The maximum atomic E-state index is 12.5. The molecule has 1 saturated heterocycles. The van der Waals surface area contributed by atoms with Gasteiger partial charge < -0.3 is 14.4 Å². The van der Waals surface area contributed by atoms with E-state index in [-0.39, 0.29) is 18.3 Å². The first-order valence-electron chi connectivity index (χ1n) is 9.02. The molecule has 1 aromatic carbocycles. The van der Waals surface area contributed by atoms with Crippen LogP contribution < -0.4 is 9.47 Å². The molecule has 0 aliphatic carbocycles. The molecule has 0 radical (unpaired) electrons. The highest BCUT2D eigenvalue weighted by Crippen LogP contribution is 2.28. The fourth-order valence-corrected chi connectivity index (χ4v) is 4.18. The number of piperazine rings is 1. The lowest BCUT2D eigenvalue weighted by Crippen LogP contribution is -2.49. The van der Waals surface area contributed by atoms with Crippen LogP contribution in [0.5, 0.6) is 11.5 Å². The molecule has 1 aliphatic heterocycles. The topological polar surface area (TPSA) is 59.1 Å². The molecule has 0 bridgehead atoms. The summed E-state index contributed by atoms with van der Waals surface area (Å²) >= 11 is 7.57. The molecule has 0 atom stereocenters. The first-order chi connectivity index (χ1) is 13.5. The van der Waals surface area contributed by atoms with E-state index >= 15 is 0 Å². The predicted octanol–water partition coefficient (Wildman–Crippen LogP) is 3.34. The molecule has 6 nitrogen and oxygen atoms in total. The molecule has 0 unspecified atom stereocenters. The number of methoxy groups -OCH3 is 1. The van der Waals surface area contributed by atoms with Crippen molar-refractivity contribution in [3.8, 4) is 11.5 Å². The van der Waals surface area contributed by atoms with Crippen LogP contribution in [-0.2, 0) is 11.3 Å². The van der Waals surface area contributed by atoms with Crippen molar-refractivity contribution < 1.29 is 19.1 Å². The van der Waals surface area contributed by atoms with Gasteiger partial charge in [0, 0.05) is 43.2 Å². The number of rotatable bonds is 7. The number of carbonyl (C=O) groups is 2. The van der Waals surface area contributed by atoms with Gasteiger partial charge in [0.05, 0.1) is 11.4 Å². The van der Waals surface area contributed by atoms with Gasteiger partial charge in [0.25, 0.3) is 5.91 Å². The van der Waals surface area contributed by atoms with Gasteiger partial charge in [-0.1, -0.05) is 11.6 Å². The fourth-order valence-electron chi connectivity index (χ4n) is 3.05.